The van der Waals surface area contributed by atoms with Gasteiger partial charge >= 0.3 is 11.9 Å². The molecule has 0 unspecified atom stereocenters. The van der Waals surface area contributed by atoms with E-state index in [9.17, 15) is 24.1 Å². The molecule has 0 amide bonds. The predicted octanol–water partition coefficient (Wildman–Crippen LogP) is 3.45. The molecule has 0 aliphatic rings. The van der Waals surface area contributed by atoms with Gasteiger partial charge in [-0.3, -0.25) is 10.1 Å². The van der Waals surface area contributed by atoms with Crippen molar-refractivity contribution in [1.29, 1.82) is 0 Å². The number of nitro benzene ring substituents is 1. The molecule has 0 radical (unpaired) electrons. The van der Waals surface area contributed by atoms with E-state index >= 15 is 0 Å². The molecule has 0 saturated heterocycles. The summed E-state index contributed by atoms with van der Waals surface area (Å²) in [6.45, 7) is 1.76. The number of ether oxygens (including phenoxy) is 2. The van der Waals surface area contributed by atoms with Crippen LogP contribution < -0.4 is 4.74 Å². The third kappa shape index (κ3) is 4.50. The topological polar surface area (TPSA) is 95.7 Å². The lowest BCUT2D eigenvalue weighted by Gasteiger charge is -2.08. The number of nitrogens with zero attached hydrogens (tertiary/aromatic N) is 1. The van der Waals surface area contributed by atoms with Crippen LogP contribution in [0.4, 0.5) is 10.1 Å². The van der Waals surface area contributed by atoms with Gasteiger partial charge in [0.25, 0.3) is 5.69 Å². The van der Waals surface area contributed by atoms with Gasteiger partial charge in [0, 0.05) is 6.08 Å². The van der Waals surface area contributed by atoms with Crippen LogP contribution in [0.2, 0.25) is 0 Å². The molecule has 8 heteroatoms. The Bertz CT molecular complexity index is 907. The van der Waals surface area contributed by atoms with E-state index in [1.807, 2.05) is 0 Å². The van der Waals surface area contributed by atoms with Crippen molar-refractivity contribution in [3.05, 3.63) is 75.1 Å². The molecule has 0 heterocycles. The summed E-state index contributed by atoms with van der Waals surface area (Å²) in [6, 6.07) is 7.54. The first-order valence-electron chi connectivity index (χ1n) is 7.34. The fourth-order valence-electron chi connectivity index (χ4n) is 2.12. The minimum atomic E-state index is -0.863. The molecule has 0 fully saturated rings. The number of hydrogen-bond acceptors (Lipinski definition) is 6. The van der Waals surface area contributed by atoms with Crippen LogP contribution in [0.3, 0.4) is 0 Å². The highest BCUT2D eigenvalue weighted by Gasteiger charge is 2.16. The number of methoxy groups -OCH3 is 1. The minimum Gasteiger partial charge on any atom is -0.465 e. The summed E-state index contributed by atoms with van der Waals surface area (Å²) >= 11 is 0. The molecule has 2 aromatic rings. The molecule has 0 saturated carbocycles. The average molecular weight is 359 g/mol. The van der Waals surface area contributed by atoms with Crippen molar-refractivity contribution in [2.75, 3.05) is 7.11 Å². The highest BCUT2D eigenvalue weighted by molar-refractivity contribution is 5.95. The lowest BCUT2D eigenvalue weighted by atomic mass is 10.1. The number of hydrogen-bond donors (Lipinski definition) is 0. The normalized spacial score (nSPS) is 10.6. The fourth-order valence-corrected chi connectivity index (χ4v) is 2.12. The van der Waals surface area contributed by atoms with Crippen LogP contribution in [-0.2, 0) is 9.53 Å². The molecule has 0 N–H and O–H groups in total. The van der Waals surface area contributed by atoms with Gasteiger partial charge in [0.2, 0.25) is 0 Å². The van der Waals surface area contributed by atoms with Crippen molar-refractivity contribution in [3.8, 4) is 5.75 Å². The Kier molecular flexibility index (Phi) is 5.79. The maximum atomic E-state index is 13.1. The second-order valence-electron chi connectivity index (χ2n) is 5.21. The Hall–Kier alpha value is -3.55. The van der Waals surface area contributed by atoms with E-state index < -0.39 is 28.4 Å². The SMILES string of the molecule is COC(=O)c1cc(C)ccc1OC(=O)/C=C/c1ccc(F)cc1[N+](=O)[O-]. The monoisotopic (exact) mass is 359 g/mol. The number of carbonyl (C=O) groups excluding carboxylic acids is 2. The minimum absolute atomic E-state index is 0.00861. The van der Waals surface area contributed by atoms with Gasteiger partial charge in [-0.1, -0.05) is 6.07 Å². The highest BCUT2D eigenvalue weighted by atomic mass is 19.1. The van der Waals surface area contributed by atoms with Crippen molar-refractivity contribution in [2.24, 2.45) is 0 Å². The molecular formula is C18H14FNO6. The number of nitro groups is 1. The third-order valence-electron chi connectivity index (χ3n) is 3.34. The maximum Gasteiger partial charge on any atom is 0.341 e. The van der Waals surface area contributed by atoms with Gasteiger partial charge < -0.3 is 9.47 Å². The lowest BCUT2D eigenvalue weighted by molar-refractivity contribution is -0.385. The first-order chi connectivity index (χ1) is 12.3. The van der Waals surface area contributed by atoms with Gasteiger partial charge in [0.15, 0.2) is 0 Å². The van der Waals surface area contributed by atoms with Gasteiger partial charge in [-0.15, -0.1) is 0 Å². The van der Waals surface area contributed by atoms with E-state index in [1.54, 1.807) is 13.0 Å². The van der Waals surface area contributed by atoms with Gasteiger partial charge in [0.05, 0.1) is 23.7 Å². The second kappa shape index (κ2) is 8.02. The molecule has 0 aliphatic heterocycles. The zero-order valence-electron chi connectivity index (χ0n) is 13.9. The van der Waals surface area contributed by atoms with Crippen molar-refractivity contribution in [1.82, 2.24) is 0 Å². The van der Waals surface area contributed by atoms with E-state index in [4.69, 9.17) is 4.74 Å². The van der Waals surface area contributed by atoms with Crippen LogP contribution in [0.5, 0.6) is 5.75 Å². The summed E-state index contributed by atoms with van der Waals surface area (Å²) in [7, 11) is 1.20. The standard InChI is InChI=1S/C18H14FNO6/c1-11-3-7-16(14(9-11)18(22)25-2)26-17(21)8-5-12-4-6-13(19)10-15(12)20(23)24/h3-10H,1-2H3/b8-5+. The summed E-state index contributed by atoms with van der Waals surface area (Å²) in [5, 5.41) is 10.9. The molecule has 134 valence electrons. The van der Waals surface area contributed by atoms with Crippen LogP contribution in [0.15, 0.2) is 42.5 Å². The number of halogens is 1. The molecular weight excluding hydrogens is 345 g/mol. The van der Waals surface area contributed by atoms with Gasteiger partial charge in [-0.25, -0.2) is 14.0 Å². The van der Waals surface area contributed by atoms with Crippen molar-refractivity contribution >= 4 is 23.7 Å². The van der Waals surface area contributed by atoms with E-state index in [1.165, 1.54) is 25.3 Å². The summed E-state index contributed by atoms with van der Waals surface area (Å²) in [5.74, 6) is -2.31. The van der Waals surface area contributed by atoms with Crippen LogP contribution in [0, 0.1) is 22.9 Å². The van der Waals surface area contributed by atoms with Gasteiger partial charge in [-0.2, -0.15) is 0 Å². The number of rotatable bonds is 5. The fraction of sp³-hybridized carbons (Fsp3) is 0.111. The third-order valence-corrected chi connectivity index (χ3v) is 3.34. The number of aryl methyl sites for hydroxylation is 1. The maximum absolute atomic E-state index is 13.1. The van der Waals surface area contributed by atoms with Gasteiger partial charge in [0.1, 0.15) is 17.1 Å². The Labute approximate surface area is 147 Å². The lowest BCUT2D eigenvalue weighted by Crippen LogP contribution is -2.10. The Balaban J connectivity index is 2.24. The van der Waals surface area contributed by atoms with Crippen molar-refractivity contribution in [3.63, 3.8) is 0 Å². The highest BCUT2D eigenvalue weighted by Crippen LogP contribution is 2.23. The van der Waals surface area contributed by atoms with Crippen molar-refractivity contribution in [2.45, 2.75) is 6.92 Å². The molecule has 2 aromatic carbocycles. The van der Waals surface area contributed by atoms with E-state index in [-0.39, 0.29) is 16.9 Å². The van der Waals surface area contributed by atoms with Crippen LogP contribution in [0.25, 0.3) is 6.08 Å². The molecule has 7 nitrogen and oxygen atoms in total. The quantitative estimate of drug-likeness (QED) is 0.267. The first-order valence-corrected chi connectivity index (χ1v) is 7.34. The zero-order valence-corrected chi connectivity index (χ0v) is 13.9. The smallest absolute Gasteiger partial charge is 0.341 e. The number of carbonyl (C=O) groups is 2. The predicted molar refractivity (Wildman–Crippen MR) is 90.2 cm³/mol. The molecule has 0 aliphatic carbocycles. The van der Waals surface area contributed by atoms with E-state index in [0.717, 1.165) is 29.8 Å². The molecule has 0 atom stereocenters. The Morgan fingerprint density at radius 3 is 2.58 bits per heavy atom. The summed E-state index contributed by atoms with van der Waals surface area (Å²) in [6.07, 6.45) is 2.08. The Morgan fingerprint density at radius 1 is 1.19 bits per heavy atom. The largest absolute Gasteiger partial charge is 0.465 e. The van der Waals surface area contributed by atoms with Crippen LogP contribution in [-0.4, -0.2) is 24.0 Å². The zero-order chi connectivity index (χ0) is 19.3. The summed E-state index contributed by atoms with van der Waals surface area (Å²) < 4.78 is 22.9. The first kappa shape index (κ1) is 18.8. The molecule has 0 bridgehead atoms. The van der Waals surface area contributed by atoms with Gasteiger partial charge in [-0.05, 0) is 42.8 Å². The summed E-state index contributed by atoms with van der Waals surface area (Å²) in [4.78, 5) is 33.9. The summed E-state index contributed by atoms with van der Waals surface area (Å²) in [5.41, 5.74) is 0.384. The van der Waals surface area contributed by atoms with E-state index in [0.29, 0.717) is 0 Å². The van der Waals surface area contributed by atoms with E-state index in [2.05, 4.69) is 4.74 Å². The second-order valence-corrected chi connectivity index (χ2v) is 5.21. The number of benzene rings is 2. The molecule has 0 spiro atoms. The Morgan fingerprint density at radius 2 is 1.92 bits per heavy atom. The van der Waals surface area contributed by atoms with Crippen LogP contribution >= 0.6 is 0 Å². The number of esters is 2. The molecule has 0 aromatic heterocycles. The van der Waals surface area contributed by atoms with Crippen LogP contribution in [0.1, 0.15) is 21.5 Å². The molecule has 2 rings (SSSR count). The average Bonchev–Trinajstić information content (AvgIpc) is 2.61. The molecule has 26 heavy (non-hydrogen) atoms. The van der Waals surface area contributed by atoms with Crippen molar-refractivity contribution < 1.29 is 28.4 Å².